The number of ether oxygens (including phenoxy) is 1. The molecule has 0 spiro atoms. The summed E-state index contributed by atoms with van der Waals surface area (Å²) in [6.07, 6.45) is 5.35. The van der Waals surface area contributed by atoms with Crippen LogP contribution in [0.25, 0.3) is 11.7 Å². The van der Waals surface area contributed by atoms with E-state index in [-0.39, 0.29) is 18.9 Å². The van der Waals surface area contributed by atoms with E-state index in [1.165, 1.54) is 0 Å². The first-order valence-electron chi connectivity index (χ1n) is 10.4. The van der Waals surface area contributed by atoms with Crippen LogP contribution < -0.4 is 16.0 Å². The molecule has 162 valence electrons. The second kappa shape index (κ2) is 8.18. The van der Waals surface area contributed by atoms with Gasteiger partial charge in [-0.25, -0.2) is 9.78 Å². The Morgan fingerprint density at radius 2 is 2.12 bits per heavy atom. The Hall–Kier alpha value is -4.14. The van der Waals surface area contributed by atoms with Gasteiger partial charge < -0.3 is 15.4 Å². The van der Waals surface area contributed by atoms with Gasteiger partial charge in [0.2, 0.25) is 5.91 Å². The SMILES string of the molecule is C=C1NC(=O)C/C1=C\c1cnn2c(NC3CC3)cc(NC(=O)OCc3ccccc3)nc12. The van der Waals surface area contributed by atoms with Gasteiger partial charge in [0.15, 0.2) is 5.65 Å². The molecule has 1 aromatic carbocycles. The third-order valence-electron chi connectivity index (χ3n) is 5.23. The maximum Gasteiger partial charge on any atom is 0.413 e. The standard InChI is InChI=1S/C23H22N6O3/c1-14-16(10-21(30)25-14)9-17-12-24-29-20(26-18-7-8-18)11-19(27-22(17)29)28-23(31)32-13-15-5-3-2-4-6-15/h2-6,9,11-12,18,26H,1,7-8,10,13H2,(H,25,30)(H,27,28,31)/b16-9+. The lowest BCUT2D eigenvalue weighted by Gasteiger charge is -2.11. The molecule has 1 saturated heterocycles. The molecule has 5 rings (SSSR count). The van der Waals surface area contributed by atoms with Crippen LogP contribution in [0.1, 0.15) is 30.4 Å². The minimum atomic E-state index is -0.596. The van der Waals surface area contributed by atoms with E-state index in [9.17, 15) is 9.59 Å². The quantitative estimate of drug-likeness (QED) is 0.552. The van der Waals surface area contributed by atoms with Crippen molar-refractivity contribution >= 4 is 35.4 Å². The van der Waals surface area contributed by atoms with Crippen molar-refractivity contribution in [1.29, 1.82) is 0 Å². The van der Waals surface area contributed by atoms with Gasteiger partial charge in [0.1, 0.15) is 18.2 Å². The van der Waals surface area contributed by atoms with Crippen LogP contribution in [-0.2, 0) is 16.1 Å². The number of carbonyl (C=O) groups excluding carboxylic acids is 2. The summed E-state index contributed by atoms with van der Waals surface area (Å²) in [6, 6.07) is 11.6. The monoisotopic (exact) mass is 430 g/mol. The van der Waals surface area contributed by atoms with Crippen LogP contribution in [0.4, 0.5) is 16.4 Å². The number of hydrogen-bond donors (Lipinski definition) is 3. The highest BCUT2D eigenvalue weighted by Gasteiger charge is 2.24. The Kier molecular flexibility index (Phi) is 5.06. The lowest BCUT2D eigenvalue weighted by molar-refractivity contribution is -0.118. The second-order valence-electron chi connectivity index (χ2n) is 7.84. The number of benzene rings is 1. The van der Waals surface area contributed by atoms with E-state index in [1.807, 2.05) is 36.4 Å². The molecule has 0 atom stereocenters. The van der Waals surface area contributed by atoms with Crippen molar-refractivity contribution in [1.82, 2.24) is 19.9 Å². The van der Waals surface area contributed by atoms with Gasteiger partial charge >= 0.3 is 6.09 Å². The summed E-state index contributed by atoms with van der Waals surface area (Å²) < 4.78 is 7.01. The van der Waals surface area contributed by atoms with Crippen molar-refractivity contribution in [2.45, 2.75) is 31.9 Å². The van der Waals surface area contributed by atoms with Crippen LogP contribution in [0, 0.1) is 0 Å². The van der Waals surface area contributed by atoms with Gasteiger partial charge in [-0.3, -0.25) is 10.1 Å². The van der Waals surface area contributed by atoms with E-state index >= 15 is 0 Å². The van der Waals surface area contributed by atoms with Gasteiger partial charge in [-0.2, -0.15) is 9.61 Å². The summed E-state index contributed by atoms with van der Waals surface area (Å²) in [5.41, 5.74) is 3.52. The van der Waals surface area contributed by atoms with Gasteiger partial charge in [0.25, 0.3) is 0 Å². The van der Waals surface area contributed by atoms with Gasteiger partial charge in [-0.05, 0) is 30.1 Å². The normalized spacial score (nSPS) is 16.9. The smallest absolute Gasteiger partial charge is 0.413 e. The number of hydrogen-bond acceptors (Lipinski definition) is 6. The number of nitrogens with zero attached hydrogens (tertiary/aromatic N) is 3. The highest BCUT2D eigenvalue weighted by atomic mass is 16.5. The van der Waals surface area contributed by atoms with Crippen molar-refractivity contribution in [3.8, 4) is 0 Å². The van der Waals surface area contributed by atoms with Crippen molar-refractivity contribution in [3.05, 3.63) is 71.6 Å². The van der Waals surface area contributed by atoms with E-state index in [1.54, 1.807) is 16.8 Å². The number of aromatic nitrogens is 3. The van der Waals surface area contributed by atoms with Crippen LogP contribution in [0.15, 0.2) is 60.4 Å². The van der Waals surface area contributed by atoms with Crippen LogP contribution in [-0.4, -0.2) is 32.6 Å². The van der Waals surface area contributed by atoms with Crippen LogP contribution in [0.5, 0.6) is 0 Å². The minimum Gasteiger partial charge on any atom is -0.444 e. The lowest BCUT2D eigenvalue weighted by Crippen LogP contribution is -2.16. The third-order valence-corrected chi connectivity index (χ3v) is 5.23. The predicted octanol–water partition coefficient (Wildman–Crippen LogP) is 3.47. The van der Waals surface area contributed by atoms with Gasteiger partial charge in [-0.15, -0.1) is 0 Å². The van der Waals surface area contributed by atoms with Crippen LogP contribution >= 0.6 is 0 Å². The highest BCUT2D eigenvalue weighted by molar-refractivity contribution is 5.90. The first-order valence-corrected chi connectivity index (χ1v) is 10.4. The number of rotatable bonds is 6. The molecule has 2 amide bonds. The van der Waals surface area contributed by atoms with Crippen LogP contribution in [0.3, 0.4) is 0 Å². The topological polar surface area (TPSA) is 110 Å². The molecule has 9 nitrogen and oxygen atoms in total. The maximum absolute atomic E-state index is 12.4. The average molecular weight is 430 g/mol. The van der Waals surface area contributed by atoms with E-state index in [0.29, 0.717) is 23.2 Å². The fourth-order valence-electron chi connectivity index (χ4n) is 3.45. The highest BCUT2D eigenvalue weighted by Crippen LogP contribution is 2.28. The summed E-state index contributed by atoms with van der Waals surface area (Å²) in [5, 5.41) is 13.3. The molecule has 9 heteroatoms. The Morgan fingerprint density at radius 3 is 2.84 bits per heavy atom. The first kappa shape index (κ1) is 19.8. The molecular weight excluding hydrogens is 408 g/mol. The van der Waals surface area contributed by atoms with Crippen molar-refractivity contribution in [2.75, 3.05) is 10.6 Å². The van der Waals surface area contributed by atoms with Gasteiger partial charge in [-0.1, -0.05) is 36.9 Å². The number of amides is 2. The Bertz CT molecular complexity index is 1240. The molecule has 3 aromatic rings. The molecular formula is C23H22N6O3. The number of anilines is 2. The molecule has 1 saturated carbocycles. The van der Waals surface area contributed by atoms with Gasteiger partial charge in [0.05, 0.1) is 12.6 Å². The molecule has 3 N–H and O–H groups in total. The number of fused-ring (bicyclic) bond motifs is 1. The summed E-state index contributed by atoms with van der Waals surface area (Å²) >= 11 is 0. The van der Waals surface area contributed by atoms with Crippen molar-refractivity contribution < 1.29 is 14.3 Å². The summed E-state index contributed by atoms with van der Waals surface area (Å²) in [7, 11) is 0. The molecule has 0 unspecified atom stereocenters. The largest absolute Gasteiger partial charge is 0.444 e. The zero-order valence-corrected chi connectivity index (χ0v) is 17.3. The molecule has 3 heterocycles. The third kappa shape index (κ3) is 4.31. The lowest BCUT2D eigenvalue weighted by atomic mass is 10.1. The van der Waals surface area contributed by atoms with E-state index < -0.39 is 6.09 Å². The number of nitrogens with one attached hydrogen (secondary N) is 3. The second-order valence-corrected chi connectivity index (χ2v) is 7.84. The Labute approximate surface area is 184 Å². The Balaban J connectivity index is 1.42. The van der Waals surface area contributed by atoms with Crippen molar-refractivity contribution in [3.63, 3.8) is 0 Å². The molecule has 1 aliphatic carbocycles. The van der Waals surface area contributed by atoms with Crippen molar-refractivity contribution in [2.24, 2.45) is 0 Å². The summed E-state index contributed by atoms with van der Waals surface area (Å²) in [4.78, 5) is 28.6. The molecule has 2 aliphatic rings. The first-order chi connectivity index (χ1) is 15.5. The molecule has 0 radical (unpaired) electrons. The number of allylic oxidation sites excluding steroid dienone is 1. The molecule has 1 aliphatic heterocycles. The zero-order chi connectivity index (χ0) is 22.1. The zero-order valence-electron chi connectivity index (χ0n) is 17.3. The average Bonchev–Trinajstić information content (AvgIpc) is 3.41. The summed E-state index contributed by atoms with van der Waals surface area (Å²) in [5.74, 6) is 0.976. The maximum atomic E-state index is 12.4. The molecule has 2 aromatic heterocycles. The Morgan fingerprint density at radius 1 is 1.31 bits per heavy atom. The van der Waals surface area contributed by atoms with E-state index in [4.69, 9.17) is 4.74 Å². The fourth-order valence-corrected chi connectivity index (χ4v) is 3.45. The number of carbonyl (C=O) groups is 2. The minimum absolute atomic E-state index is 0.0923. The van der Waals surface area contributed by atoms with E-state index in [2.05, 4.69) is 32.6 Å². The van der Waals surface area contributed by atoms with E-state index in [0.717, 1.165) is 35.4 Å². The predicted molar refractivity (Wildman–Crippen MR) is 120 cm³/mol. The molecule has 0 bridgehead atoms. The van der Waals surface area contributed by atoms with Crippen LogP contribution in [0.2, 0.25) is 0 Å². The van der Waals surface area contributed by atoms with Gasteiger partial charge in [0, 0.05) is 23.4 Å². The molecule has 32 heavy (non-hydrogen) atoms. The fraction of sp³-hybridized carbons (Fsp3) is 0.217. The molecule has 2 fully saturated rings. The summed E-state index contributed by atoms with van der Waals surface area (Å²) in [6.45, 7) is 4.04.